The predicted molar refractivity (Wildman–Crippen MR) is 81.5 cm³/mol. The van der Waals surface area contributed by atoms with Crippen molar-refractivity contribution in [2.24, 2.45) is 0 Å². The van der Waals surface area contributed by atoms with Crippen molar-refractivity contribution < 1.29 is 8.78 Å². The van der Waals surface area contributed by atoms with Crippen molar-refractivity contribution in [3.63, 3.8) is 0 Å². The molecule has 23 heavy (non-hydrogen) atoms. The Hall–Kier alpha value is -3.33. The van der Waals surface area contributed by atoms with E-state index in [1.54, 1.807) is 18.3 Å². The van der Waals surface area contributed by atoms with E-state index >= 15 is 0 Å². The maximum Gasteiger partial charge on any atom is 0.141 e. The van der Waals surface area contributed by atoms with Crippen molar-refractivity contribution >= 4 is 21.9 Å². The summed E-state index contributed by atoms with van der Waals surface area (Å²) in [4.78, 5) is 11.4. The molecule has 6 heteroatoms. The molecule has 4 rings (SSSR count). The molecule has 0 unspecified atom stereocenters. The number of pyridine rings is 2. The summed E-state index contributed by atoms with van der Waals surface area (Å²) in [5, 5.41) is 10.5. The number of aromatic amines is 1. The minimum atomic E-state index is -0.648. The number of halogens is 2. The zero-order chi connectivity index (χ0) is 16.0. The highest BCUT2D eigenvalue weighted by atomic mass is 19.1. The zero-order valence-corrected chi connectivity index (χ0v) is 11.6. The fraction of sp³-hybridized carbons (Fsp3) is 0. The SMILES string of the molecule is N#Cc1cc2c(cn1)[nH]c1ncc(-c3ccc(F)cc3F)cc12. The number of benzene rings is 1. The molecule has 1 aromatic carbocycles. The molecule has 0 aliphatic heterocycles. The van der Waals surface area contributed by atoms with Crippen molar-refractivity contribution in [3.8, 4) is 17.2 Å². The van der Waals surface area contributed by atoms with Crippen molar-refractivity contribution in [1.82, 2.24) is 15.0 Å². The first-order chi connectivity index (χ1) is 11.2. The van der Waals surface area contributed by atoms with Crippen LogP contribution in [0, 0.1) is 23.0 Å². The van der Waals surface area contributed by atoms with Crippen molar-refractivity contribution in [2.45, 2.75) is 0 Å². The van der Waals surface area contributed by atoms with Gasteiger partial charge in [0.25, 0.3) is 0 Å². The molecular formula is C17H8F2N4. The van der Waals surface area contributed by atoms with Gasteiger partial charge >= 0.3 is 0 Å². The Balaban J connectivity index is 1.99. The van der Waals surface area contributed by atoms with E-state index in [1.807, 2.05) is 6.07 Å². The number of hydrogen-bond acceptors (Lipinski definition) is 3. The van der Waals surface area contributed by atoms with Crippen LogP contribution in [-0.2, 0) is 0 Å². The molecule has 3 heterocycles. The van der Waals surface area contributed by atoms with E-state index in [-0.39, 0.29) is 11.3 Å². The van der Waals surface area contributed by atoms with E-state index in [1.165, 1.54) is 18.3 Å². The van der Waals surface area contributed by atoms with Crippen LogP contribution < -0.4 is 0 Å². The summed E-state index contributed by atoms with van der Waals surface area (Å²) < 4.78 is 27.0. The third-order valence-corrected chi connectivity index (χ3v) is 3.69. The molecule has 0 spiro atoms. The quantitative estimate of drug-likeness (QED) is 0.579. The van der Waals surface area contributed by atoms with Crippen LogP contribution in [-0.4, -0.2) is 15.0 Å². The molecule has 110 valence electrons. The van der Waals surface area contributed by atoms with Gasteiger partial charge in [-0.2, -0.15) is 5.26 Å². The van der Waals surface area contributed by atoms with E-state index in [0.29, 0.717) is 11.2 Å². The van der Waals surface area contributed by atoms with E-state index in [2.05, 4.69) is 15.0 Å². The van der Waals surface area contributed by atoms with Gasteiger partial charge in [0.05, 0.1) is 11.7 Å². The lowest BCUT2D eigenvalue weighted by atomic mass is 10.1. The van der Waals surface area contributed by atoms with Crippen LogP contribution in [0.5, 0.6) is 0 Å². The molecule has 0 fully saturated rings. The van der Waals surface area contributed by atoms with Gasteiger partial charge in [0.1, 0.15) is 29.0 Å². The summed E-state index contributed by atoms with van der Waals surface area (Å²) in [7, 11) is 0. The van der Waals surface area contributed by atoms with Crippen molar-refractivity contribution in [3.05, 3.63) is 60.1 Å². The van der Waals surface area contributed by atoms with Gasteiger partial charge in [-0.05, 0) is 24.3 Å². The van der Waals surface area contributed by atoms with Crippen LogP contribution in [0.4, 0.5) is 8.78 Å². The first-order valence-electron chi connectivity index (χ1n) is 6.79. The largest absolute Gasteiger partial charge is 0.338 e. The lowest BCUT2D eigenvalue weighted by Gasteiger charge is -2.03. The molecular weight excluding hydrogens is 298 g/mol. The highest BCUT2D eigenvalue weighted by Crippen LogP contribution is 2.30. The van der Waals surface area contributed by atoms with E-state index in [9.17, 15) is 8.78 Å². The second-order valence-corrected chi connectivity index (χ2v) is 5.10. The number of fused-ring (bicyclic) bond motifs is 3. The van der Waals surface area contributed by atoms with Gasteiger partial charge in [0.2, 0.25) is 0 Å². The van der Waals surface area contributed by atoms with Crippen molar-refractivity contribution in [2.75, 3.05) is 0 Å². The summed E-state index contributed by atoms with van der Waals surface area (Å²) in [6.07, 6.45) is 3.08. The summed E-state index contributed by atoms with van der Waals surface area (Å²) in [6, 6.07) is 8.83. The average Bonchev–Trinajstić information content (AvgIpc) is 2.91. The Morgan fingerprint density at radius 3 is 2.65 bits per heavy atom. The van der Waals surface area contributed by atoms with Crippen LogP contribution in [0.2, 0.25) is 0 Å². The molecule has 0 aliphatic carbocycles. The first kappa shape index (κ1) is 13.3. The van der Waals surface area contributed by atoms with Crippen LogP contribution >= 0.6 is 0 Å². The number of nitriles is 1. The first-order valence-corrected chi connectivity index (χ1v) is 6.79. The highest BCUT2D eigenvalue weighted by molar-refractivity contribution is 6.06. The fourth-order valence-electron chi connectivity index (χ4n) is 2.61. The smallest absolute Gasteiger partial charge is 0.141 e. The van der Waals surface area contributed by atoms with Gasteiger partial charge in [-0.25, -0.2) is 18.7 Å². The van der Waals surface area contributed by atoms with Gasteiger partial charge in [0, 0.05) is 34.2 Å². The van der Waals surface area contributed by atoms with Gasteiger partial charge in [-0.3, -0.25) is 0 Å². The monoisotopic (exact) mass is 306 g/mol. The van der Waals surface area contributed by atoms with Gasteiger partial charge in [0.15, 0.2) is 0 Å². The maximum absolute atomic E-state index is 14.0. The molecule has 0 saturated carbocycles. The summed E-state index contributed by atoms with van der Waals surface area (Å²) in [5.74, 6) is -1.28. The Morgan fingerprint density at radius 2 is 1.87 bits per heavy atom. The third-order valence-electron chi connectivity index (χ3n) is 3.69. The molecule has 0 radical (unpaired) electrons. The Kier molecular flexibility index (Phi) is 2.81. The molecule has 0 aliphatic rings. The summed E-state index contributed by atoms with van der Waals surface area (Å²) in [5.41, 5.74) is 2.44. The van der Waals surface area contributed by atoms with Gasteiger partial charge in [-0.1, -0.05) is 0 Å². The van der Waals surface area contributed by atoms with E-state index in [0.717, 1.165) is 22.4 Å². The Bertz CT molecular complexity index is 1110. The molecule has 0 atom stereocenters. The molecule has 3 aromatic heterocycles. The van der Waals surface area contributed by atoms with Gasteiger partial charge in [-0.15, -0.1) is 0 Å². The molecule has 1 N–H and O–H groups in total. The molecule has 0 saturated heterocycles. The van der Waals surface area contributed by atoms with Crippen LogP contribution in [0.3, 0.4) is 0 Å². The molecule has 0 bridgehead atoms. The standard InChI is InChI=1S/C17H8F2N4/c18-10-1-2-12(15(19)4-10)9-3-14-13-5-11(6-20)21-8-16(13)23-17(14)22-7-9/h1-5,7-8H,(H,22,23). The lowest BCUT2D eigenvalue weighted by Crippen LogP contribution is -1.87. The van der Waals surface area contributed by atoms with Crippen LogP contribution in [0.25, 0.3) is 33.1 Å². The number of H-pyrrole nitrogens is 1. The van der Waals surface area contributed by atoms with Crippen LogP contribution in [0.1, 0.15) is 5.69 Å². The summed E-state index contributed by atoms with van der Waals surface area (Å²) in [6.45, 7) is 0. The highest BCUT2D eigenvalue weighted by Gasteiger charge is 2.11. The number of aromatic nitrogens is 3. The second kappa shape index (κ2) is 4.85. The van der Waals surface area contributed by atoms with Crippen LogP contribution in [0.15, 0.2) is 42.7 Å². The lowest BCUT2D eigenvalue weighted by molar-refractivity contribution is 0.585. The second-order valence-electron chi connectivity index (χ2n) is 5.10. The molecule has 4 aromatic rings. The average molecular weight is 306 g/mol. The molecule has 0 amide bonds. The molecule has 4 nitrogen and oxygen atoms in total. The van der Waals surface area contributed by atoms with Crippen molar-refractivity contribution in [1.29, 1.82) is 5.26 Å². The zero-order valence-electron chi connectivity index (χ0n) is 11.6. The number of nitrogens with zero attached hydrogens (tertiary/aromatic N) is 3. The normalized spacial score (nSPS) is 11.0. The third kappa shape index (κ3) is 2.10. The Labute approximate surface area is 129 Å². The summed E-state index contributed by atoms with van der Waals surface area (Å²) >= 11 is 0. The number of rotatable bonds is 1. The number of nitrogens with one attached hydrogen (secondary N) is 1. The number of hydrogen-bond donors (Lipinski definition) is 1. The topological polar surface area (TPSA) is 65.4 Å². The van der Waals surface area contributed by atoms with E-state index in [4.69, 9.17) is 5.26 Å². The fourth-order valence-corrected chi connectivity index (χ4v) is 2.61. The minimum Gasteiger partial charge on any atom is -0.338 e. The van der Waals surface area contributed by atoms with Gasteiger partial charge < -0.3 is 4.98 Å². The maximum atomic E-state index is 14.0. The van der Waals surface area contributed by atoms with E-state index < -0.39 is 11.6 Å². The predicted octanol–water partition coefficient (Wildman–Crippen LogP) is 3.93. The minimum absolute atomic E-state index is 0.268. The Morgan fingerprint density at radius 1 is 1.00 bits per heavy atom.